The first-order valence-electron chi connectivity index (χ1n) is 4.78. The van der Waals surface area contributed by atoms with Crippen molar-refractivity contribution in [3.63, 3.8) is 0 Å². The molecular formula is C10H14N2OS. The average molecular weight is 210 g/mol. The Morgan fingerprint density at radius 3 is 3.14 bits per heavy atom. The van der Waals surface area contributed by atoms with Gasteiger partial charge < -0.3 is 11.1 Å². The maximum Gasteiger partial charge on any atom is 0.217 e. The van der Waals surface area contributed by atoms with Crippen molar-refractivity contribution >= 4 is 17.2 Å². The Morgan fingerprint density at radius 2 is 2.43 bits per heavy atom. The fourth-order valence-electron chi connectivity index (χ4n) is 1.95. The summed E-state index contributed by atoms with van der Waals surface area (Å²) in [6, 6.07) is 2.41. The van der Waals surface area contributed by atoms with Crippen LogP contribution in [-0.4, -0.2) is 5.91 Å². The molecule has 0 aromatic carbocycles. The van der Waals surface area contributed by atoms with Gasteiger partial charge in [-0.15, -0.1) is 11.3 Å². The standard InChI is InChI=1S/C10H14N2OS/c1-6(13)12-9-3-2-8(11)10-7(9)4-5-14-10/h4-5,8-9H,2-3,11H2,1H3,(H,12,13). The molecule has 0 bridgehead atoms. The molecule has 3 N–H and O–H groups in total. The van der Waals surface area contributed by atoms with E-state index >= 15 is 0 Å². The Hall–Kier alpha value is -0.870. The number of nitrogens with two attached hydrogens (primary N) is 1. The molecule has 1 aliphatic carbocycles. The Labute approximate surface area is 87.3 Å². The van der Waals surface area contributed by atoms with Crippen LogP contribution in [0.1, 0.15) is 42.3 Å². The van der Waals surface area contributed by atoms with E-state index in [1.54, 1.807) is 18.3 Å². The SMILES string of the molecule is CC(=O)NC1CCC(N)c2sccc21. The number of fused-ring (bicyclic) bond motifs is 1. The van der Waals surface area contributed by atoms with Crippen molar-refractivity contribution in [3.05, 3.63) is 21.9 Å². The van der Waals surface area contributed by atoms with Gasteiger partial charge in [0.2, 0.25) is 5.91 Å². The molecule has 0 spiro atoms. The summed E-state index contributed by atoms with van der Waals surface area (Å²) in [7, 11) is 0. The minimum atomic E-state index is 0.0302. The molecule has 0 saturated heterocycles. The van der Waals surface area contributed by atoms with Gasteiger partial charge in [0.15, 0.2) is 0 Å². The fourth-order valence-corrected chi connectivity index (χ4v) is 2.95. The van der Waals surface area contributed by atoms with Crippen molar-refractivity contribution in [3.8, 4) is 0 Å². The summed E-state index contributed by atoms with van der Waals surface area (Å²) in [5, 5.41) is 5.00. The Kier molecular flexibility index (Phi) is 2.56. The second-order valence-electron chi connectivity index (χ2n) is 3.68. The first kappa shape index (κ1) is 9.68. The summed E-state index contributed by atoms with van der Waals surface area (Å²) >= 11 is 1.69. The van der Waals surface area contributed by atoms with Crippen LogP contribution >= 0.6 is 11.3 Å². The van der Waals surface area contributed by atoms with Crippen molar-refractivity contribution < 1.29 is 4.79 Å². The van der Waals surface area contributed by atoms with E-state index in [-0.39, 0.29) is 18.0 Å². The lowest BCUT2D eigenvalue weighted by atomic mass is 9.91. The van der Waals surface area contributed by atoms with E-state index in [0.29, 0.717) is 0 Å². The van der Waals surface area contributed by atoms with E-state index in [0.717, 1.165) is 12.8 Å². The summed E-state index contributed by atoms with van der Waals surface area (Å²) < 4.78 is 0. The molecule has 0 fully saturated rings. The Balaban J connectivity index is 2.24. The summed E-state index contributed by atoms with van der Waals surface area (Å²) in [5.41, 5.74) is 7.19. The summed E-state index contributed by atoms with van der Waals surface area (Å²) in [4.78, 5) is 12.2. The zero-order chi connectivity index (χ0) is 10.1. The van der Waals surface area contributed by atoms with Gasteiger partial charge in [0, 0.05) is 17.8 Å². The molecule has 2 rings (SSSR count). The van der Waals surface area contributed by atoms with Crippen LogP contribution in [0.2, 0.25) is 0 Å². The number of amides is 1. The van der Waals surface area contributed by atoms with Crippen LogP contribution in [0.4, 0.5) is 0 Å². The van der Waals surface area contributed by atoms with Crippen molar-refractivity contribution in [2.75, 3.05) is 0 Å². The summed E-state index contributed by atoms with van der Waals surface area (Å²) in [6.07, 6.45) is 1.91. The van der Waals surface area contributed by atoms with Crippen LogP contribution < -0.4 is 11.1 Å². The molecule has 1 heterocycles. The number of hydrogen-bond acceptors (Lipinski definition) is 3. The summed E-state index contributed by atoms with van der Waals surface area (Å²) in [5.74, 6) is 0.0302. The van der Waals surface area contributed by atoms with Crippen LogP contribution in [0.15, 0.2) is 11.4 Å². The molecule has 2 atom stereocenters. The molecular weight excluding hydrogens is 196 g/mol. The van der Waals surface area contributed by atoms with Gasteiger partial charge in [-0.2, -0.15) is 0 Å². The number of hydrogen-bond donors (Lipinski definition) is 2. The predicted molar refractivity (Wildman–Crippen MR) is 57.0 cm³/mol. The monoisotopic (exact) mass is 210 g/mol. The maximum absolute atomic E-state index is 11.0. The van der Waals surface area contributed by atoms with Crippen LogP contribution in [-0.2, 0) is 4.79 Å². The van der Waals surface area contributed by atoms with E-state index in [9.17, 15) is 4.79 Å². The topological polar surface area (TPSA) is 55.1 Å². The minimum absolute atomic E-state index is 0.0302. The van der Waals surface area contributed by atoms with Gasteiger partial charge in [-0.05, 0) is 29.9 Å². The zero-order valence-electron chi connectivity index (χ0n) is 8.12. The summed E-state index contributed by atoms with van der Waals surface area (Å²) in [6.45, 7) is 1.56. The number of rotatable bonds is 1. The van der Waals surface area contributed by atoms with Gasteiger partial charge in [0.25, 0.3) is 0 Å². The van der Waals surface area contributed by atoms with Crippen molar-refractivity contribution in [1.82, 2.24) is 5.32 Å². The van der Waals surface area contributed by atoms with E-state index in [4.69, 9.17) is 5.73 Å². The molecule has 0 radical (unpaired) electrons. The highest BCUT2D eigenvalue weighted by Gasteiger charge is 2.26. The third kappa shape index (κ3) is 1.67. The molecule has 14 heavy (non-hydrogen) atoms. The number of carbonyl (C=O) groups excluding carboxylic acids is 1. The van der Waals surface area contributed by atoms with Crippen molar-refractivity contribution in [2.45, 2.75) is 31.8 Å². The molecule has 3 nitrogen and oxygen atoms in total. The van der Waals surface area contributed by atoms with Gasteiger partial charge in [0.1, 0.15) is 0 Å². The van der Waals surface area contributed by atoms with Crippen LogP contribution in [0.3, 0.4) is 0 Å². The highest BCUT2D eigenvalue weighted by Crippen LogP contribution is 2.37. The highest BCUT2D eigenvalue weighted by molar-refractivity contribution is 7.10. The largest absolute Gasteiger partial charge is 0.350 e. The maximum atomic E-state index is 11.0. The molecule has 76 valence electrons. The molecule has 4 heteroatoms. The van der Waals surface area contributed by atoms with Crippen molar-refractivity contribution in [2.24, 2.45) is 5.73 Å². The lowest BCUT2D eigenvalue weighted by Crippen LogP contribution is -2.30. The number of carbonyl (C=O) groups is 1. The molecule has 1 aromatic heterocycles. The minimum Gasteiger partial charge on any atom is -0.350 e. The second-order valence-corrected chi connectivity index (χ2v) is 4.62. The smallest absolute Gasteiger partial charge is 0.217 e. The molecule has 1 aliphatic rings. The third-order valence-corrected chi connectivity index (χ3v) is 3.65. The lowest BCUT2D eigenvalue weighted by molar-refractivity contribution is -0.119. The van der Waals surface area contributed by atoms with Crippen LogP contribution in [0.25, 0.3) is 0 Å². The zero-order valence-corrected chi connectivity index (χ0v) is 8.93. The average Bonchev–Trinajstić information content (AvgIpc) is 2.58. The second kappa shape index (κ2) is 3.71. The first-order valence-corrected chi connectivity index (χ1v) is 5.66. The quantitative estimate of drug-likeness (QED) is 0.741. The van der Waals surface area contributed by atoms with E-state index in [1.165, 1.54) is 10.4 Å². The van der Waals surface area contributed by atoms with E-state index in [1.807, 2.05) is 5.38 Å². The molecule has 0 saturated carbocycles. The fraction of sp³-hybridized carbons (Fsp3) is 0.500. The van der Waals surface area contributed by atoms with E-state index < -0.39 is 0 Å². The Bertz CT molecular complexity index is 348. The molecule has 1 aromatic rings. The van der Waals surface area contributed by atoms with Gasteiger partial charge in [-0.25, -0.2) is 0 Å². The molecule has 2 unspecified atom stereocenters. The normalized spacial score (nSPS) is 25.6. The molecule has 0 aliphatic heterocycles. The van der Waals surface area contributed by atoms with Gasteiger partial charge >= 0.3 is 0 Å². The number of nitrogens with one attached hydrogen (secondary N) is 1. The van der Waals surface area contributed by atoms with Crippen molar-refractivity contribution in [1.29, 1.82) is 0 Å². The van der Waals surface area contributed by atoms with Crippen LogP contribution in [0, 0.1) is 0 Å². The Morgan fingerprint density at radius 1 is 1.64 bits per heavy atom. The third-order valence-electron chi connectivity index (χ3n) is 2.58. The van der Waals surface area contributed by atoms with Gasteiger partial charge in [0.05, 0.1) is 6.04 Å². The predicted octanol–water partition coefficient (Wildman–Crippen LogP) is 1.72. The van der Waals surface area contributed by atoms with Gasteiger partial charge in [-0.1, -0.05) is 0 Å². The van der Waals surface area contributed by atoms with Crippen LogP contribution in [0.5, 0.6) is 0 Å². The van der Waals surface area contributed by atoms with E-state index in [2.05, 4.69) is 11.4 Å². The number of thiophene rings is 1. The highest BCUT2D eigenvalue weighted by atomic mass is 32.1. The van der Waals surface area contributed by atoms with Gasteiger partial charge in [-0.3, -0.25) is 4.79 Å². The molecule has 1 amide bonds. The first-order chi connectivity index (χ1) is 6.68. The lowest BCUT2D eigenvalue weighted by Gasteiger charge is -2.26.